The molecule has 22 heavy (non-hydrogen) atoms. The van der Waals surface area contributed by atoms with Crippen LogP contribution >= 0.6 is 11.8 Å². The van der Waals surface area contributed by atoms with Gasteiger partial charge in [-0.1, -0.05) is 42.5 Å². The van der Waals surface area contributed by atoms with Crippen molar-refractivity contribution in [3.05, 3.63) is 65.7 Å². The highest BCUT2D eigenvalue weighted by Crippen LogP contribution is 2.21. The van der Waals surface area contributed by atoms with Crippen molar-refractivity contribution < 1.29 is 9.00 Å². The molecule has 0 radical (unpaired) electrons. The lowest BCUT2D eigenvalue weighted by molar-refractivity contribution is 0.0937. The summed E-state index contributed by atoms with van der Waals surface area (Å²) in [6, 6.07) is 16.9. The minimum absolute atomic E-state index is 0.135. The Bertz CT molecular complexity index is 659. The molecule has 1 amide bonds. The van der Waals surface area contributed by atoms with Crippen LogP contribution in [0.5, 0.6) is 0 Å². The van der Waals surface area contributed by atoms with Crippen molar-refractivity contribution in [1.29, 1.82) is 0 Å². The number of carbonyl (C=O) groups is 1. The molecular formula is C17H19NO2S2. The Hall–Kier alpha value is -1.59. The van der Waals surface area contributed by atoms with Crippen molar-refractivity contribution >= 4 is 28.5 Å². The van der Waals surface area contributed by atoms with Gasteiger partial charge in [-0.3, -0.25) is 9.00 Å². The topological polar surface area (TPSA) is 46.2 Å². The van der Waals surface area contributed by atoms with Gasteiger partial charge in [0.05, 0.1) is 11.6 Å². The predicted octanol–water partition coefficient (Wildman–Crippen LogP) is 3.26. The van der Waals surface area contributed by atoms with Crippen LogP contribution in [0.25, 0.3) is 0 Å². The number of hydrogen-bond acceptors (Lipinski definition) is 3. The van der Waals surface area contributed by atoms with Crippen LogP contribution in [0, 0.1) is 0 Å². The lowest BCUT2D eigenvalue weighted by Gasteiger charge is -2.19. The molecular weight excluding hydrogens is 314 g/mol. The standard InChI is InChI=1S/C17H19NO2S2/c1-21-16-11-7-6-10-14(16)17(19)18-15(12-22(2)20)13-8-4-3-5-9-13/h3-11,15H,12H2,1-2H3,(H,18,19). The van der Waals surface area contributed by atoms with Gasteiger partial charge < -0.3 is 5.32 Å². The monoisotopic (exact) mass is 333 g/mol. The van der Waals surface area contributed by atoms with Crippen LogP contribution in [0.1, 0.15) is 22.0 Å². The van der Waals surface area contributed by atoms with Gasteiger partial charge in [0.2, 0.25) is 0 Å². The normalized spacial score (nSPS) is 13.4. The summed E-state index contributed by atoms with van der Waals surface area (Å²) in [5.41, 5.74) is 1.62. The average Bonchev–Trinajstić information content (AvgIpc) is 2.54. The molecule has 0 fully saturated rings. The number of amides is 1. The fourth-order valence-corrected chi connectivity index (χ4v) is 3.55. The lowest BCUT2D eigenvalue weighted by Crippen LogP contribution is -2.32. The third kappa shape index (κ3) is 4.45. The van der Waals surface area contributed by atoms with E-state index in [4.69, 9.17) is 0 Å². The van der Waals surface area contributed by atoms with Gasteiger partial charge in [0, 0.05) is 27.7 Å². The number of hydrogen-bond donors (Lipinski definition) is 1. The molecule has 1 N–H and O–H groups in total. The Labute approximate surface area is 138 Å². The SMILES string of the molecule is CSc1ccccc1C(=O)NC(CS(C)=O)c1ccccc1. The summed E-state index contributed by atoms with van der Waals surface area (Å²) in [6.45, 7) is 0. The molecule has 0 heterocycles. The fraction of sp³-hybridized carbons (Fsp3) is 0.235. The number of carbonyl (C=O) groups excluding carboxylic acids is 1. The molecule has 2 aromatic carbocycles. The molecule has 2 aromatic rings. The van der Waals surface area contributed by atoms with Crippen LogP contribution in [0.3, 0.4) is 0 Å². The zero-order valence-corrected chi connectivity index (χ0v) is 14.2. The average molecular weight is 333 g/mol. The Morgan fingerprint density at radius 3 is 2.41 bits per heavy atom. The second kappa shape index (κ2) is 8.15. The molecule has 0 aromatic heterocycles. The summed E-state index contributed by atoms with van der Waals surface area (Å²) in [5.74, 6) is 0.265. The van der Waals surface area contributed by atoms with Crippen LogP contribution < -0.4 is 5.32 Å². The molecule has 0 bridgehead atoms. The van der Waals surface area contributed by atoms with E-state index in [1.165, 1.54) is 11.8 Å². The zero-order valence-electron chi connectivity index (χ0n) is 12.6. The van der Waals surface area contributed by atoms with Crippen molar-refractivity contribution in [1.82, 2.24) is 5.32 Å². The van der Waals surface area contributed by atoms with Gasteiger partial charge in [-0.05, 0) is 24.0 Å². The van der Waals surface area contributed by atoms with Gasteiger partial charge in [-0.15, -0.1) is 11.8 Å². The van der Waals surface area contributed by atoms with E-state index in [2.05, 4.69) is 5.32 Å². The van der Waals surface area contributed by atoms with E-state index in [9.17, 15) is 9.00 Å². The Morgan fingerprint density at radius 1 is 1.14 bits per heavy atom. The Kier molecular flexibility index (Phi) is 6.21. The number of benzene rings is 2. The first-order valence-corrected chi connectivity index (χ1v) is 9.86. The van der Waals surface area contributed by atoms with Crippen molar-refractivity contribution in [3.63, 3.8) is 0 Å². The van der Waals surface area contributed by atoms with Crippen molar-refractivity contribution in [2.45, 2.75) is 10.9 Å². The summed E-state index contributed by atoms with van der Waals surface area (Å²) in [6.07, 6.45) is 3.60. The number of rotatable bonds is 6. The highest BCUT2D eigenvalue weighted by molar-refractivity contribution is 7.98. The maximum atomic E-state index is 12.6. The quantitative estimate of drug-likeness (QED) is 0.826. The van der Waals surface area contributed by atoms with Gasteiger partial charge in [0.15, 0.2) is 0 Å². The summed E-state index contributed by atoms with van der Waals surface area (Å²) < 4.78 is 11.6. The molecule has 0 saturated carbocycles. The molecule has 0 aliphatic carbocycles. The van der Waals surface area contributed by atoms with Crippen LogP contribution in [0.2, 0.25) is 0 Å². The second-order valence-corrected chi connectivity index (χ2v) is 7.20. The number of thioether (sulfide) groups is 1. The van der Waals surface area contributed by atoms with Crippen molar-refractivity contribution in [2.75, 3.05) is 18.3 Å². The van der Waals surface area contributed by atoms with E-state index in [1.807, 2.05) is 60.9 Å². The van der Waals surface area contributed by atoms with Crippen LogP contribution in [0.15, 0.2) is 59.5 Å². The third-order valence-corrected chi connectivity index (χ3v) is 4.86. The van der Waals surface area contributed by atoms with Gasteiger partial charge in [-0.25, -0.2) is 0 Å². The molecule has 0 aliphatic heterocycles. The summed E-state index contributed by atoms with van der Waals surface area (Å²) in [4.78, 5) is 13.5. The molecule has 2 atom stereocenters. The molecule has 0 spiro atoms. The van der Waals surface area contributed by atoms with Gasteiger partial charge in [0.1, 0.15) is 0 Å². The Morgan fingerprint density at radius 2 is 1.77 bits per heavy atom. The van der Waals surface area contributed by atoms with Gasteiger partial charge >= 0.3 is 0 Å². The lowest BCUT2D eigenvalue weighted by atomic mass is 10.1. The summed E-state index contributed by atoms with van der Waals surface area (Å²) in [5, 5.41) is 3.01. The first-order chi connectivity index (χ1) is 10.6. The molecule has 3 nitrogen and oxygen atoms in total. The highest BCUT2D eigenvalue weighted by atomic mass is 32.2. The first kappa shape index (κ1) is 16.8. The smallest absolute Gasteiger partial charge is 0.252 e. The largest absolute Gasteiger partial charge is 0.344 e. The van der Waals surface area contributed by atoms with Gasteiger partial charge in [-0.2, -0.15) is 0 Å². The third-order valence-electron chi connectivity index (χ3n) is 3.26. The minimum Gasteiger partial charge on any atom is -0.344 e. The minimum atomic E-state index is -0.996. The molecule has 116 valence electrons. The number of nitrogens with one attached hydrogen (secondary N) is 1. The maximum Gasteiger partial charge on any atom is 0.252 e. The van der Waals surface area contributed by atoms with E-state index < -0.39 is 10.8 Å². The van der Waals surface area contributed by atoms with Crippen molar-refractivity contribution in [2.24, 2.45) is 0 Å². The molecule has 0 saturated heterocycles. The maximum absolute atomic E-state index is 12.6. The summed E-state index contributed by atoms with van der Waals surface area (Å²) in [7, 11) is -0.996. The van der Waals surface area contributed by atoms with E-state index in [0.717, 1.165) is 10.5 Å². The second-order valence-electron chi connectivity index (χ2n) is 4.88. The highest BCUT2D eigenvalue weighted by Gasteiger charge is 2.18. The summed E-state index contributed by atoms with van der Waals surface area (Å²) >= 11 is 1.54. The van der Waals surface area contributed by atoms with Crippen LogP contribution in [-0.4, -0.2) is 28.4 Å². The predicted molar refractivity (Wildman–Crippen MR) is 93.8 cm³/mol. The zero-order chi connectivity index (χ0) is 15.9. The van der Waals surface area contributed by atoms with E-state index >= 15 is 0 Å². The van der Waals surface area contributed by atoms with Gasteiger partial charge in [0.25, 0.3) is 5.91 Å². The van der Waals surface area contributed by atoms with E-state index in [1.54, 1.807) is 6.26 Å². The molecule has 5 heteroatoms. The first-order valence-electron chi connectivity index (χ1n) is 6.90. The van der Waals surface area contributed by atoms with E-state index in [0.29, 0.717) is 11.3 Å². The molecule has 0 aliphatic rings. The van der Waals surface area contributed by atoms with Crippen LogP contribution in [-0.2, 0) is 10.8 Å². The molecule has 2 rings (SSSR count). The molecule has 2 unspecified atom stereocenters. The Balaban J connectivity index is 2.23. The van der Waals surface area contributed by atoms with E-state index in [-0.39, 0.29) is 11.9 Å². The van der Waals surface area contributed by atoms with Crippen LogP contribution in [0.4, 0.5) is 0 Å². The fourth-order valence-electron chi connectivity index (χ4n) is 2.21. The van der Waals surface area contributed by atoms with Crippen molar-refractivity contribution in [3.8, 4) is 0 Å².